The lowest BCUT2D eigenvalue weighted by Crippen LogP contribution is -2.41. The Morgan fingerprint density at radius 3 is 2.25 bits per heavy atom. The van der Waals surface area contributed by atoms with Gasteiger partial charge in [0.25, 0.3) is 0 Å². The molecule has 2 fully saturated rings. The summed E-state index contributed by atoms with van der Waals surface area (Å²) in [4.78, 5) is 16.8. The number of imidazole rings is 1. The highest BCUT2D eigenvalue weighted by atomic mass is 16.7. The van der Waals surface area contributed by atoms with Crippen LogP contribution in [0.5, 0.6) is 5.75 Å². The topological polar surface area (TPSA) is 71.8 Å². The van der Waals surface area contributed by atoms with E-state index < -0.39 is 11.7 Å². The maximum Gasteiger partial charge on any atom is 0.494 e. The van der Waals surface area contributed by atoms with E-state index in [2.05, 4.69) is 4.98 Å². The second-order valence-electron chi connectivity index (χ2n) is 10.7. The third kappa shape index (κ3) is 4.57. The number of carbonyl (C=O) groups excluding carboxylic acids is 1. The molecule has 8 heteroatoms. The molecule has 0 radical (unpaired) electrons. The molecule has 2 aliphatic rings. The van der Waals surface area contributed by atoms with E-state index in [0.717, 1.165) is 29.9 Å². The van der Waals surface area contributed by atoms with Gasteiger partial charge in [0, 0.05) is 18.3 Å². The highest BCUT2D eigenvalue weighted by Crippen LogP contribution is 2.39. The molecule has 0 spiro atoms. The maximum atomic E-state index is 12.4. The van der Waals surface area contributed by atoms with Crippen molar-refractivity contribution in [3.05, 3.63) is 42.5 Å². The van der Waals surface area contributed by atoms with E-state index in [0.29, 0.717) is 0 Å². The quantitative estimate of drug-likeness (QED) is 0.661. The number of ether oxygens (including phenoxy) is 2. The van der Waals surface area contributed by atoms with Crippen LogP contribution < -0.4 is 10.2 Å². The van der Waals surface area contributed by atoms with Gasteiger partial charge in [-0.3, -0.25) is 0 Å². The Balaban J connectivity index is 1.32. The molecule has 1 aromatic carbocycles. The zero-order chi connectivity index (χ0) is 23.3. The highest BCUT2D eigenvalue weighted by Gasteiger charge is 2.51. The summed E-state index contributed by atoms with van der Waals surface area (Å²) in [5, 5.41) is 0. The molecular weight excluding hydrogens is 407 g/mol. The second-order valence-corrected chi connectivity index (χ2v) is 10.7. The van der Waals surface area contributed by atoms with E-state index in [-0.39, 0.29) is 30.3 Å². The summed E-state index contributed by atoms with van der Waals surface area (Å²) >= 11 is 0. The lowest BCUT2D eigenvalue weighted by Gasteiger charge is -2.35. The fraction of sp³-hybridized carbons (Fsp3) is 0.583. The molecule has 1 saturated heterocycles. The first kappa shape index (κ1) is 22.9. The van der Waals surface area contributed by atoms with Crippen molar-refractivity contribution in [1.82, 2.24) is 9.55 Å². The fourth-order valence-electron chi connectivity index (χ4n) is 3.83. The number of carbonyl (C=O) groups is 1. The Bertz CT molecular complexity index is 955. The van der Waals surface area contributed by atoms with Crippen LogP contribution in [0.3, 0.4) is 0 Å². The number of nitrogens with zero attached hydrogens (tertiary/aromatic N) is 2. The van der Waals surface area contributed by atoms with Crippen LogP contribution in [0.4, 0.5) is 4.79 Å². The first-order valence-electron chi connectivity index (χ1n) is 11.2. The number of aromatic nitrogens is 2. The maximum absolute atomic E-state index is 12.4. The van der Waals surface area contributed by atoms with Gasteiger partial charge >= 0.3 is 13.2 Å². The lowest BCUT2D eigenvalue weighted by molar-refractivity contribution is 0.00578. The SMILES string of the molecule is CC(C)(C)OC(=O)n1ccnc1C1CC(Oc2ccc(B3OC(C)(C)C(C)(C)O3)cc2)C1. The van der Waals surface area contributed by atoms with Gasteiger partial charge in [0.05, 0.1) is 11.2 Å². The predicted molar refractivity (Wildman–Crippen MR) is 122 cm³/mol. The largest absolute Gasteiger partial charge is 0.494 e. The van der Waals surface area contributed by atoms with Gasteiger partial charge in [-0.2, -0.15) is 0 Å². The van der Waals surface area contributed by atoms with Crippen molar-refractivity contribution in [2.75, 3.05) is 0 Å². The molecule has 1 aliphatic carbocycles. The third-order valence-corrected chi connectivity index (χ3v) is 6.43. The van der Waals surface area contributed by atoms with Crippen LogP contribution in [0.25, 0.3) is 0 Å². The van der Waals surface area contributed by atoms with Crippen molar-refractivity contribution < 1.29 is 23.6 Å². The van der Waals surface area contributed by atoms with Gasteiger partial charge in [-0.15, -0.1) is 0 Å². The van der Waals surface area contributed by atoms with Gasteiger partial charge in [0.15, 0.2) is 0 Å². The van der Waals surface area contributed by atoms with E-state index >= 15 is 0 Å². The fourth-order valence-corrected chi connectivity index (χ4v) is 3.83. The summed E-state index contributed by atoms with van der Waals surface area (Å²) in [5.74, 6) is 1.71. The molecule has 0 unspecified atom stereocenters. The molecule has 4 rings (SSSR count). The summed E-state index contributed by atoms with van der Waals surface area (Å²) in [5.41, 5.74) is -0.296. The molecule has 1 saturated carbocycles. The summed E-state index contributed by atoms with van der Waals surface area (Å²) < 4.78 is 25.3. The molecular formula is C24H33BN2O5. The number of rotatable bonds is 4. The average Bonchev–Trinajstić information content (AvgIpc) is 3.19. The van der Waals surface area contributed by atoms with E-state index in [1.807, 2.05) is 72.7 Å². The Kier molecular flexibility index (Phi) is 5.66. The van der Waals surface area contributed by atoms with E-state index in [4.69, 9.17) is 18.8 Å². The molecule has 0 amide bonds. The van der Waals surface area contributed by atoms with Gasteiger partial charge in [-0.25, -0.2) is 14.3 Å². The van der Waals surface area contributed by atoms with Crippen LogP contribution >= 0.6 is 0 Å². The molecule has 1 aliphatic heterocycles. The monoisotopic (exact) mass is 440 g/mol. The van der Waals surface area contributed by atoms with Crippen molar-refractivity contribution in [3.8, 4) is 5.75 Å². The minimum Gasteiger partial charge on any atom is -0.490 e. The Hall–Kier alpha value is -2.32. The molecule has 2 heterocycles. The summed E-state index contributed by atoms with van der Waals surface area (Å²) in [7, 11) is -0.381. The highest BCUT2D eigenvalue weighted by molar-refractivity contribution is 6.62. The van der Waals surface area contributed by atoms with Crippen LogP contribution in [0.1, 0.15) is 73.1 Å². The van der Waals surface area contributed by atoms with Gasteiger partial charge in [0.1, 0.15) is 23.3 Å². The first-order chi connectivity index (χ1) is 14.8. The van der Waals surface area contributed by atoms with E-state index in [9.17, 15) is 4.79 Å². The van der Waals surface area contributed by atoms with Crippen molar-refractivity contribution >= 4 is 18.7 Å². The third-order valence-electron chi connectivity index (χ3n) is 6.43. The Morgan fingerprint density at radius 2 is 1.69 bits per heavy atom. The molecule has 32 heavy (non-hydrogen) atoms. The molecule has 1 aromatic heterocycles. The van der Waals surface area contributed by atoms with Crippen molar-refractivity contribution in [2.45, 2.75) is 90.1 Å². The molecule has 172 valence electrons. The molecule has 0 atom stereocenters. The predicted octanol–water partition coefficient (Wildman–Crippen LogP) is 4.29. The molecule has 0 bridgehead atoms. The van der Waals surface area contributed by atoms with Gasteiger partial charge in [-0.1, -0.05) is 12.1 Å². The van der Waals surface area contributed by atoms with E-state index in [1.54, 1.807) is 12.4 Å². The van der Waals surface area contributed by atoms with Crippen LogP contribution in [0, 0.1) is 0 Å². The van der Waals surface area contributed by atoms with Crippen LogP contribution in [-0.4, -0.2) is 45.7 Å². The van der Waals surface area contributed by atoms with Crippen molar-refractivity contribution in [3.63, 3.8) is 0 Å². The van der Waals surface area contributed by atoms with Crippen LogP contribution in [-0.2, 0) is 14.0 Å². The number of hydrogen-bond acceptors (Lipinski definition) is 6. The summed E-state index contributed by atoms with van der Waals surface area (Å²) in [6.45, 7) is 13.8. The Labute approximate surface area is 190 Å². The smallest absolute Gasteiger partial charge is 0.490 e. The van der Waals surface area contributed by atoms with Gasteiger partial charge in [0.2, 0.25) is 0 Å². The zero-order valence-electron chi connectivity index (χ0n) is 20.0. The van der Waals surface area contributed by atoms with Gasteiger partial charge < -0.3 is 18.8 Å². The Morgan fingerprint density at radius 1 is 1.09 bits per heavy atom. The summed E-state index contributed by atoms with van der Waals surface area (Å²) in [6.07, 6.45) is 4.60. The van der Waals surface area contributed by atoms with Crippen LogP contribution in [0.15, 0.2) is 36.7 Å². The van der Waals surface area contributed by atoms with Crippen LogP contribution in [0.2, 0.25) is 0 Å². The first-order valence-corrected chi connectivity index (χ1v) is 11.2. The minimum atomic E-state index is -0.546. The van der Waals surface area contributed by atoms with Gasteiger partial charge in [-0.05, 0) is 78.9 Å². The number of hydrogen-bond donors (Lipinski definition) is 0. The lowest BCUT2D eigenvalue weighted by atomic mass is 9.79. The van der Waals surface area contributed by atoms with Crippen molar-refractivity contribution in [1.29, 1.82) is 0 Å². The minimum absolute atomic E-state index is 0.0893. The standard InChI is InChI=1S/C24H33BN2O5/c1-22(2,3)30-21(28)27-13-12-26-20(27)16-14-19(15-16)29-18-10-8-17(9-11-18)25-31-23(4,5)24(6,7)32-25/h8-13,16,19H,14-15H2,1-7H3. The average molecular weight is 440 g/mol. The molecule has 7 nitrogen and oxygen atoms in total. The van der Waals surface area contributed by atoms with Crippen molar-refractivity contribution in [2.24, 2.45) is 0 Å². The second kappa shape index (κ2) is 7.92. The zero-order valence-corrected chi connectivity index (χ0v) is 20.0. The molecule has 0 N–H and O–H groups in total. The number of benzene rings is 1. The summed E-state index contributed by atoms with van der Waals surface area (Å²) in [6, 6.07) is 7.89. The van der Waals surface area contributed by atoms with E-state index in [1.165, 1.54) is 4.57 Å². The molecule has 2 aromatic rings. The normalized spacial score (nSPS) is 24.2.